The van der Waals surface area contributed by atoms with Gasteiger partial charge in [0.25, 0.3) is 0 Å². The minimum atomic E-state index is -0.333. The number of benzene rings is 1. The van der Waals surface area contributed by atoms with Crippen molar-refractivity contribution < 1.29 is 9.53 Å². The monoisotopic (exact) mass is 344 g/mol. The first kappa shape index (κ1) is 15.8. The average molecular weight is 344 g/mol. The number of rotatable bonds is 6. The Hall–Kier alpha value is -2.05. The van der Waals surface area contributed by atoms with Gasteiger partial charge in [-0.15, -0.1) is 22.7 Å². The summed E-state index contributed by atoms with van der Waals surface area (Å²) in [5.41, 5.74) is 1.82. The quantitative estimate of drug-likeness (QED) is 0.381. The minimum Gasteiger partial charge on any atom is -0.463 e. The molecule has 0 atom stereocenters. The first-order valence-electron chi connectivity index (χ1n) is 7.32. The van der Waals surface area contributed by atoms with E-state index in [-0.39, 0.29) is 5.97 Å². The normalized spacial score (nSPS) is 11.3. The zero-order valence-electron chi connectivity index (χ0n) is 12.7. The van der Waals surface area contributed by atoms with E-state index in [9.17, 15) is 4.79 Å². The molecule has 0 aliphatic heterocycles. The van der Waals surface area contributed by atoms with Gasteiger partial charge in [-0.2, -0.15) is 0 Å². The van der Waals surface area contributed by atoms with Crippen molar-refractivity contribution in [1.29, 1.82) is 0 Å². The van der Waals surface area contributed by atoms with Crippen molar-refractivity contribution in [2.45, 2.75) is 19.8 Å². The van der Waals surface area contributed by atoms with E-state index in [2.05, 4.69) is 16.0 Å². The lowest BCUT2D eigenvalue weighted by molar-refractivity contribution is -0.137. The summed E-state index contributed by atoms with van der Waals surface area (Å²) >= 11 is 3.25. The first-order chi connectivity index (χ1) is 11.2. The van der Waals surface area contributed by atoms with Crippen LogP contribution < -0.4 is 0 Å². The van der Waals surface area contributed by atoms with Gasteiger partial charge in [-0.1, -0.05) is 12.1 Å². The molecule has 0 saturated heterocycles. The predicted octanol–water partition coefficient (Wildman–Crippen LogP) is 4.25. The van der Waals surface area contributed by atoms with Crippen LogP contribution in [0.2, 0.25) is 0 Å². The Morgan fingerprint density at radius 1 is 1.30 bits per heavy atom. The Kier molecular flexibility index (Phi) is 5.15. The zero-order chi connectivity index (χ0) is 16.1. The van der Waals surface area contributed by atoms with E-state index in [0.29, 0.717) is 6.61 Å². The number of carbonyl (C=O) groups excluding carboxylic acids is 1. The highest BCUT2D eigenvalue weighted by Crippen LogP contribution is 2.22. The summed E-state index contributed by atoms with van der Waals surface area (Å²) in [7, 11) is 0. The molecule has 0 bridgehead atoms. The van der Waals surface area contributed by atoms with Crippen molar-refractivity contribution in [3.63, 3.8) is 0 Å². The van der Waals surface area contributed by atoms with Gasteiger partial charge in [0.2, 0.25) is 0 Å². The van der Waals surface area contributed by atoms with Crippen LogP contribution in [0.5, 0.6) is 0 Å². The predicted molar refractivity (Wildman–Crippen MR) is 94.8 cm³/mol. The third kappa shape index (κ3) is 4.46. The number of aromatic nitrogens is 2. The highest BCUT2D eigenvalue weighted by atomic mass is 32.1. The third-order valence-corrected chi connectivity index (χ3v) is 5.03. The first-order valence-corrected chi connectivity index (χ1v) is 9.02. The van der Waals surface area contributed by atoms with Gasteiger partial charge >= 0.3 is 5.97 Å². The Balaban J connectivity index is 1.42. The number of thiazole rings is 2. The highest BCUT2D eigenvalue weighted by Gasteiger charge is 2.04. The van der Waals surface area contributed by atoms with Crippen molar-refractivity contribution in [2.24, 2.45) is 0 Å². The van der Waals surface area contributed by atoms with Crippen LogP contribution in [0.3, 0.4) is 0 Å². The second-order valence-electron chi connectivity index (χ2n) is 4.97. The fourth-order valence-electron chi connectivity index (χ4n) is 2.08. The lowest BCUT2D eigenvalue weighted by Gasteiger charge is -2.00. The van der Waals surface area contributed by atoms with E-state index in [1.165, 1.54) is 10.8 Å². The van der Waals surface area contributed by atoms with Crippen LogP contribution >= 0.6 is 22.7 Å². The van der Waals surface area contributed by atoms with Gasteiger partial charge in [0, 0.05) is 17.9 Å². The zero-order valence-corrected chi connectivity index (χ0v) is 14.3. The summed E-state index contributed by atoms with van der Waals surface area (Å²) in [4.78, 5) is 20.5. The van der Waals surface area contributed by atoms with E-state index >= 15 is 0 Å². The molecule has 0 fully saturated rings. The van der Waals surface area contributed by atoms with Crippen molar-refractivity contribution >= 4 is 44.9 Å². The van der Waals surface area contributed by atoms with Crippen molar-refractivity contribution in [3.05, 3.63) is 51.4 Å². The molecule has 1 aromatic carbocycles. The van der Waals surface area contributed by atoms with Gasteiger partial charge in [-0.3, -0.25) is 0 Å². The van der Waals surface area contributed by atoms with Crippen molar-refractivity contribution in [3.8, 4) is 0 Å². The van der Waals surface area contributed by atoms with Crippen LogP contribution in [0.4, 0.5) is 0 Å². The Bertz CT molecular complexity index is 803. The van der Waals surface area contributed by atoms with Gasteiger partial charge in [0.05, 0.1) is 32.5 Å². The summed E-state index contributed by atoms with van der Waals surface area (Å²) < 4.78 is 6.39. The summed E-state index contributed by atoms with van der Waals surface area (Å²) in [6, 6.07) is 8.09. The van der Waals surface area contributed by atoms with Gasteiger partial charge in [0.15, 0.2) is 0 Å². The van der Waals surface area contributed by atoms with Crippen LogP contribution in [0.25, 0.3) is 16.3 Å². The molecule has 0 aliphatic rings. The van der Waals surface area contributed by atoms with Gasteiger partial charge < -0.3 is 4.74 Å². The van der Waals surface area contributed by atoms with Gasteiger partial charge in [0.1, 0.15) is 0 Å². The lowest BCUT2D eigenvalue weighted by Crippen LogP contribution is -2.03. The Morgan fingerprint density at radius 2 is 2.17 bits per heavy atom. The second-order valence-corrected chi connectivity index (χ2v) is 7.15. The molecule has 0 saturated carbocycles. The van der Waals surface area contributed by atoms with E-state index in [1.807, 2.05) is 30.5 Å². The molecular weight excluding hydrogens is 328 g/mol. The molecule has 23 heavy (non-hydrogen) atoms. The molecule has 0 aliphatic carbocycles. The Labute approximate surface area is 142 Å². The second kappa shape index (κ2) is 7.48. The SMILES string of the molecule is Cc1nc(/C=C/C(=O)OCCCc2nc3ccccc3s2)cs1. The van der Waals surface area contributed by atoms with Crippen LogP contribution in [-0.4, -0.2) is 22.5 Å². The molecule has 0 N–H and O–H groups in total. The number of nitrogens with zero attached hydrogens (tertiary/aromatic N) is 2. The number of para-hydroxylation sites is 1. The van der Waals surface area contributed by atoms with Gasteiger partial charge in [-0.25, -0.2) is 14.8 Å². The smallest absolute Gasteiger partial charge is 0.330 e. The molecule has 0 unspecified atom stereocenters. The van der Waals surface area contributed by atoms with Crippen LogP contribution in [-0.2, 0) is 16.0 Å². The molecular formula is C17H16N2O2S2. The molecule has 4 nitrogen and oxygen atoms in total. The van der Waals surface area contributed by atoms with E-state index in [4.69, 9.17) is 4.74 Å². The standard InChI is InChI=1S/C17H16N2O2S2/c1-12-18-13(11-22-12)8-9-17(20)21-10-4-7-16-19-14-5-2-3-6-15(14)23-16/h2-3,5-6,8-9,11H,4,7,10H2,1H3/b9-8+. The fourth-order valence-corrected chi connectivity index (χ4v) is 3.67. The van der Waals surface area contributed by atoms with Crippen molar-refractivity contribution in [1.82, 2.24) is 9.97 Å². The number of fused-ring (bicyclic) bond motifs is 1. The van der Waals surface area contributed by atoms with Crippen LogP contribution in [0, 0.1) is 6.92 Å². The molecule has 118 valence electrons. The third-order valence-electron chi connectivity index (χ3n) is 3.14. The van der Waals surface area contributed by atoms with Crippen LogP contribution in [0.15, 0.2) is 35.7 Å². The van der Waals surface area contributed by atoms with E-state index in [0.717, 1.165) is 34.1 Å². The molecule has 2 heterocycles. The number of hydrogen-bond acceptors (Lipinski definition) is 6. The maximum absolute atomic E-state index is 11.6. The number of carbonyl (C=O) groups is 1. The largest absolute Gasteiger partial charge is 0.463 e. The Morgan fingerprint density at radius 3 is 2.96 bits per heavy atom. The molecule has 0 radical (unpaired) electrons. The molecule has 0 amide bonds. The number of ether oxygens (including phenoxy) is 1. The molecule has 3 rings (SSSR count). The lowest BCUT2D eigenvalue weighted by atomic mass is 10.3. The molecule has 6 heteroatoms. The fraction of sp³-hybridized carbons (Fsp3) is 0.235. The van der Waals surface area contributed by atoms with Crippen LogP contribution in [0.1, 0.15) is 22.1 Å². The summed E-state index contributed by atoms with van der Waals surface area (Å²) in [5.74, 6) is -0.333. The summed E-state index contributed by atoms with van der Waals surface area (Å²) in [5, 5.41) is 3.97. The van der Waals surface area contributed by atoms with E-state index < -0.39 is 0 Å². The minimum absolute atomic E-state index is 0.333. The molecule has 0 spiro atoms. The number of hydrogen-bond donors (Lipinski definition) is 0. The number of aryl methyl sites for hydroxylation is 2. The number of esters is 1. The summed E-state index contributed by atoms with van der Waals surface area (Å²) in [6.45, 7) is 2.33. The molecule has 2 aromatic heterocycles. The topological polar surface area (TPSA) is 52.1 Å². The molecule has 3 aromatic rings. The van der Waals surface area contributed by atoms with E-state index in [1.54, 1.807) is 28.7 Å². The van der Waals surface area contributed by atoms with Crippen molar-refractivity contribution in [2.75, 3.05) is 6.61 Å². The average Bonchev–Trinajstić information content (AvgIpc) is 3.15. The van der Waals surface area contributed by atoms with Gasteiger partial charge in [-0.05, 0) is 31.6 Å². The maximum Gasteiger partial charge on any atom is 0.330 e. The maximum atomic E-state index is 11.6. The highest BCUT2D eigenvalue weighted by molar-refractivity contribution is 7.18. The summed E-state index contributed by atoms with van der Waals surface area (Å²) in [6.07, 6.45) is 4.70.